The van der Waals surface area contributed by atoms with Crippen LogP contribution in [0.1, 0.15) is 75.0 Å². The van der Waals surface area contributed by atoms with Gasteiger partial charge in [-0.25, -0.2) is 0 Å². The van der Waals surface area contributed by atoms with Crippen molar-refractivity contribution < 1.29 is 33.6 Å². The van der Waals surface area contributed by atoms with E-state index in [2.05, 4.69) is 22.8 Å². The van der Waals surface area contributed by atoms with Crippen molar-refractivity contribution in [3.63, 3.8) is 0 Å². The Morgan fingerprint density at radius 3 is 2.32 bits per heavy atom. The number of ether oxygens (including phenoxy) is 4. The number of benzene rings is 2. The minimum absolute atomic E-state index is 0.0830. The molecule has 4 atom stereocenters. The molecule has 10 heteroatoms. The molecular weight excluding hydrogens is 598 g/mol. The lowest BCUT2D eigenvalue weighted by Crippen LogP contribution is -2.52. The molecule has 1 saturated heterocycles. The number of nitrogens with one attached hydrogen (secondary N) is 2. The zero-order valence-corrected chi connectivity index (χ0v) is 28.5. The Labute approximate surface area is 280 Å². The highest BCUT2D eigenvalue weighted by molar-refractivity contribution is 6.35. The van der Waals surface area contributed by atoms with Gasteiger partial charge in [0.15, 0.2) is 0 Å². The first-order chi connectivity index (χ1) is 22.9. The lowest BCUT2D eigenvalue weighted by Gasteiger charge is -2.30. The number of aliphatic hydroxyl groups is 1. The van der Waals surface area contributed by atoms with Crippen LogP contribution in [0.25, 0.3) is 0 Å². The standard InChI is InChI=1S/C37H55N3O7/c1-44-18-10-11-19-47-35(29-14-8-5-9-15-29)30-16-17-40(26-30)37(43)36(42)39-33(22-27-12-6-4-7-13-27)34(41)25-38-24-28-20-31(45-2)23-32(21-28)46-3/h5,8-9,14-15,20-21,23,27,30,33-35,38,41H,4,6-7,10-13,16-19,22,24-26H2,1-3H3,(H,39,42)/t30-,33+,34?,35+/m1/s1. The van der Waals surface area contributed by atoms with Gasteiger partial charge >= 0.3 is 11.8 Å². The van der Waals surface area contributed by atoms with Crippen molar-refractivity contribution in [1.29, 1.82) is 0 Å². The average molecular weight is 654 g/mol. The Balaban J connectivity index is 1.35. The van der Waals surface area contributed by atoms with Gasteiger partial charge in [-0.2, -0.15) is 0 Å². The SMILES string of the molecule is COCCCCO[C@@H](c1ccccc1)[C@@H]1CCN(C(=O)C(=O)N[C@@H](CC2CCCCC2)C(O)CNCc2cc(OC)cc(OC)c2)C1. The zero-order chi connectivity index (χ0) is 33.4. The number of rotatable bonds is 18. The van der Waals surface area contributed by atoms with Crippen LogP contribution in [0.5, 0.6) is 11.5 Å². The number of aliphatic hydroxyl groups excluding tert-OH is 1. The first-order valence-corrected chi connectivity index (χ1v) is 17.3. The van der Waals surface area contributed by atoms with E-state index in [-0.39, 0.29) is 18.6 Å². The molecule has 2 aromatic rings. The van der Waals surface area contributed by atoms with E-state index < -0.39 is 24.0 Å². The molecular formula is C37H55N3O7. The molecule has 0 radical (unpaired) electrons. The van der Waals surface area contributed by atoms with Crippen LogP contribution in [0.15, 0.2) is 48.5 Å². The third-order valence-corrected chi connectivity index (χ3v) is 9.49. The summed E-state index contributed by atoms with van der Waals surface area (Å²) in [6.07, 6.45) is 7.87. The van der Waals surface area contributed by atoms with Gasteiger partial charge in [-0.05, 0) is 54.9 Å². The van der Waals surface area contributed by atoms with Gasteiger partial charge in [-0.15, -0.1) is 0 Å². The smallest absolute Gasteiger partial charge is 0.311 e. The summed E-state index contributed by atoms with van der Waals surface area (Å²) in [7, 11) is 4.92. The highest BCUT2D eigenvalue weighted by atomic mass is 16.5. The topological polar surface area (TPSA) is 119 Å². The highest BCUT2D eigenvalue weighted by Crippen LogP contribution is 2.34. The molecule has 2 amide bonds. The predicted molar refractivity (Wildman–Crippen MR) is 181 cm³/mol. The van der Waals surface area contributed by atoms with E-state index in [1.54, 1.807) is 26.2 Å². The molecule has 260 valence electrons. The van der Waals surface area contributed by atoms with Crippen LogP contribution in [-0.2, 0) is 25.6 Å². The molecule has 47 heavy (non-hydrogen) atoms. The largest absolute Gasteiger partial charge is 0.497 e. The summed E-state index contributed by atoms with van der Waals surface area (Å²) in [5, 5.41) is 17.6. The van der Waals surface area contributed by atoms with Gasteiger partial charge in [0.25, 0.3) is 0 Å². The summed E-state index contributed by atoms with van der Waals surface area (Å²) in [5.41, 5.74) is 2.03. The van der Waals surface area contributed by atoms with Crippen LogP contribution >= 0.6 is 0 Å². The molecule has 1 heterocycles. The first-order valence-electron chi connectivity index (χ1n) is 17.3. The molecule has 1 unspecified atom stereocenters. The summed E-state index contributed by atoms with van der Waals surface area (Å²) in [6, 6.07) is 15.2. The predicted octanol–water partition coefficient (Wildman–Crippen LogP) is 4.64. The van der Waals surface area contributed by atoms with Crippen molar-refractivity contribution >= 4 is 11.8 Å². The maximum Gasteiger partial charge on any atom is 0.311 e. The van der Waals surface area contributed by atoms with Crippen molar-refractivity contribution in [3.8, 4) is 11.5 Å². The Morgan fingerprint density at radius 2 is 1.64 bits per heavy atom. The third kappa shape index (κ3) is 11.5. The first kappa shape index (κ1) is 36.7. The van der Waals surface area contributed by atoms with E-state index in [1.165, 1.54) is 6.42 Å². The number of nitrogens with zero attached hydrogens (tertiary/aromatic N) is 1. The van der Waals surface area contributed by atoms with Crippen LogP contribution in [0, 0.1) is 11.8 Å². The minimum atomic E-state index is -0.860. The molecule has 0 aromatic heterocycles. The molecule has 0 spiro atoms. The van der Waals surface area contributed by atoms with Crippen LogP contribution in [0.4, 0.5) is 0 Å². The molecule has 2 aliphatic rings. The number of carbonyl (C=O) groups excluding carboxylic acids is 2. The van der Waals surface area contributed by atoms with Crippen molar-refractivity contribution in [2.24, 2.45) is 11.8 Å². The van der Waals surface area contributed by atoms with Crippen molar-refractivity contribution in [2.75, 3.05) is 54.2 Å². The summed E-state index contributed by atoms with van der Waals surface area (Å²) in [5.74, 6) is 0.674. The van der Waals surface area contributed by atoms with Gasteiger partial charge in [-0.3, -0.25) is 9.59 Å². The molecule has 2 aromatic carbocycles. The quantitative estimate of drug-likeness (QED) is 0.157. The molecule has 2 fully saturated rings. The normalized spacial score (nSPS) is 18.8. The van der Waals surface area contributed by atoms with Gasteiger partial charge in [0, 0.05) is 58.5 Å². The van der Waals surface area contributed by atoms with E-state index >= 15 is 0 Å². The fourth-order valence-electron chi connectivity index (χ4n) is 6.87. The minimum Gasteiger partial charge on any atom is -0.497 e. The molecule has 3 N–H and O–H groups in total. The van der Waals surface area contributed by atoms with Crippen molar-refractivity contribution in [3.05, 3.63) is 59.7 Å². The monoisotopic (exact) mass is 653 g/mol. The Bertz CT molecular complexity index is 1200. The molecule has 0 bridgehead atoms. The van der Waals surface area contributed by atoms with Crippen LogP contribution in [0.2, 0.25) is 0 Å². The number of carbonyl (C=O) groups is 2. The van der Waals surface area contributed by atoms with Crippen LogP contribution in [-0.4, -0.2) is 88.1 Å². The second-order valence-corrected chi connectivity index (χ2v) is 12.9. The average Bonchev–Trinajstić information content (AvgIpc) is 3.59. The Morgan fingerprint density at radius 1 is 0.936 bits per heavy atom. The fourth-order valence-corrected chi connectivity index (χ4v) is 6.87. The summed E-state index contributed by atoms with van der Waals surface area (Å²) in [4.78, 5) is 28.6. The van der Waals surface area contributed by atoms with Crippen molar-refractivity contribution in [2.45, 2.75) is 82.6 Å². The second kappa shape index (κ2) is 19.6. The zero-order valence-electron chi connectivity index (χ0n) is 28.5. The lowest BCUT2D eigenvalue weighted by atomic mass is 9.83. The maximum absolute atomic E-state index is 13.5. The van der Waals surface area contributed by atoms with Crippen LogP contribution < -0.4 is 20.1 Å². The van der Waals surface area contributed by atoms with E-state index in [0.29, 0.717) is 56.7 Å². The Kier molecular flexibility index (Phi) is 15.3. The van der Waals surface area contributed by atoms with E-state index in [0.717, 1.165) is 56.1 Å². The molecule has 4 rings (SSSR count). The summed E-state index contributed by atoms with van der Waals surface area (Å²) in [6.45, 7) is 3.00. The van der Waals surface area contributed by atoms with E-state index in [1.807, 2.05) is 36.4 Å². The lowest BCUT2D eigenvalue weighted by molar-refractivity contribution is -0.146. The van der Waals surface area contributed by atoms with Gasteiger partial charge < -0.3 is 39.6 Å². The molecule has 1 aliphatic heterocycles. The second-order valence-electron chi connectivity index (χ2n) is 12.9. The van der Waals surface area contributed by atoms with Gasteiger partial charge in [0.2, 0.25) is 0 Å². The van der Waals surface area contributed by atoms with Gasteiger partial charge in [0.1, 0.15) is 11.5 Å². The Hall–Kier alpha value is -3.18. The number of methoxy groups -OCH3 is 3. The maximum atomic E-state index is 13.5. The van der Waals surface area contributed by atoms with Crippen molar-refractivity contribution in [1.82, 2.24) is 15.5 Å². The summed E-state index contributed by atoms with van der Waals surface area (Å²) >= 11 is 0. The van der Waals surface area contributed by atoms with Crippen LogP contribution in [0.3, 0.4) is 0 Å². The number of hydrogen-bond donors (Lipinski definition) is 3. The third-order valence-electron chi connectivity index (χ3n) is 9.49. The fraction of sp³-hybridized carbons (Fsp3) is 0.622. The number of hydrogen-bond acceptors (Lipinski definition) is 8. The molecule has 10 nitrogen and oxygen atoms in total. The highest BCUT2D eigenvalue weighted by Gasteiger charge is 2.37. The molecule has 1 aliphatic carbocycles. The van der Waals surface area contributed by atoms with E-state index in [4.69, 9.17) is 18.9 Å². The number of amides is 2. The number of unbranched alkanes of at least 4 members (excludes halogenated alkanes) is 1. The van der Waals surface area contributed by atoms with Gasteiger partial charge in [0.05, 0.1) is 32.5 Å². The van der Waals surface area contributed by atoms with Gasteiger partial charge in [-0.1, -0.05) is 62.4 Å². The number of likely N-dealkylation sites (tertiary alicyclic amines) is 1. The van der Waals surface area contributed by atoms with E-state index in [9.17, 15) is 14.7 Å². The summed E-state index contributed by atoms with van der Waals surface area (Å²) < 4.78 is 22.3. The molecule has 1 saturated carbocycles.